The van der Waals surface area contributed by atoms with E-state index in [1.165, 1.54) is 0 Å². The van der Waals surface area contributed by atoms with E-state index in [4.69, 9.17) is 9.15 Å². The number of halogens is 1. The molecule has 1 heterocycles. The van der Waals surface area contributed by atoms with Crippen LogP contribution in [0.1, 0.15) is 18.2 Å². The van der Waals surface area contributed by atoms with E-state index in [0.29, 0.717) is 32.1 Å². The number of likely N-dealkylation sites (N-methyl/N-ethyl adjacent to an activating group) is 1. The van der Waals surface area contributed by atoms with Crippen LogP contribution < -0.4 is 15.4 Å². The normalized spacial score (nSPS) is 13.5. The fourth-order valence-electron chi connectivity index (χ4n) is 2.85. The fraction of sp³-hybridized carbons (Fsp3) is 0.476. The summed E-state index contributed by atoms with van der Waals surface area (Å²) in [6.07, 6.45) is 2.43. The highest BCUT2D eigenvalue weighted by Crippen LogP contribution is 2.12. The van der Waals surface area contributed by atoms with Crippen molar-refractivity contribution in [2.24, 2.45) is 4.99 Å². The van der Waals surface area contributed by atoms with Crippen LogP contribution in [0.4, 0.5) is 0 Å². The number of nitrogens with one attached hydrogen (secondary N) is 2. The molecule has 0 aliphatic rings. The minimum atomic E-state index is -0.868. The Morgan fingerprint density at radius 2 is 1.93 bits per heavy atom. The molecule has 0 saturated heterocycles. The van der Waals surface area contributed by atoms with Crippen LogP contribution in [-0.2, 0) is 13.0 Å². The van der Waals surface area contributed by atoms with Crippen molar-refractivity contribution in [1.29, 1.82) is 0 Å². The van der Waals surface area contributed by atoms with Crippen molar-refractivity contribution in [3.05, 3.63) is 54.0 Å². The molecule has 1 aromatic heterocycles. The van der Waals surface area contributed by atoms with Gasteiger partial charge in [0.2, 0.25) is 0 Å². The van der Waals surface area contributed by atoms with Gasteiger partial charge in [0.1, 0.15) is 11.5 Å². The Bertz CT molecular complexity index is 716. The van der Waals surface area contributed by atoms with Crippen LogP contribution in [0.2, 0.25) is 0 Å². The zero-order valence-electron chi connectivity index (χ0n) is 17.6. The van der Waals surface area contributed by atoms with Gasteiger partial charge in [0.25, 0.3) is 0 Å². The molecule has 0 fully saturated rings. The molecule has 0 radical (unpaired) electrons. The lowest BCUT2D eigenvalue weighted by atomic mass is 10.1. The Morgan fingerprint density at radius 3 is 2.52 bits per heavy atom. The van der Waals surface area contributed by atoms with Gasteiger partial charge in [-0.2, -0.15) is 0 Å². The van der Waals surface area contributed by atoms with Crippen LogP contribution >= 0.6 is 24.0 Å². The van der Waals surface area contributed by atoms with Crippen molar-refractivity contribution in [2.45, 2.75) is 25.5 Å². The van der Waals surface area contributed by atoms with Crippen molar-refractivity contribution >= 4 is 29.9 Å². The summed E-state index contributed by atoms with van der Waals surface area (Å²) in [5, 5.41) is 17.1. The van der Waals surface area contributed by atoms with Gasteiger partial charge in [0.15, 0.2) is 5.96 Å². The van der Waals surface area contributed by atoms with Gasteiger partial charge in [0, 0.05) is 26.1 Å². The van der Waals surface area contributed by atoms with Crippen LogP contribution in [0.15, 0.2) is 52.1 Å². The molecule has 8 heteroatoms. The molecule has 0 saturated carbocycles. The first-order valence-corrected chi connectivity index (χ1v) is 9.42. The van der Waals surface area contributed by atoms with Crippen LogP contribution in [0.3, 0.4) is 0 Å². The third-order valence-electron chi connectivity index (χ3n) is 4.12. The summed E-state index contributed by atoms with van der Waals surface area (Å²) in [7, 11) is 5.53. The maximum atomic E-state index is 10.5. The third kappa shape index (κ3) is 10.00. The van der Waals surface area contributed by atoms with Gasteiger partial charge in [-0.25, -0.2) is 4.99 Å². The maximum absolute atomic E-state index is 10.5. The van der Waals surface area contributed by atoms with E-state index in [1.807, 2.05) is 62.3 Å². The summed E-state index contributed by atoms with van der Waals surface area (Å²) in [4.78, 5) is 6.61. The van der Waals surface area contributed by atoms with Crippen LogP contribution in [0, 0.1) is 0 Å². The number of hydrogen-bond donors (Lipinski definition) is 3. The summed E-state index contributed by atoms with van der Waals surface area (Å²) in [6.45, 7) is 3.95. The molecule has 7 nitrogen and oxygen atoms in total. The number of benzene rings is 1. The Kier molecular flexibility index (Phi) is 11.1. The van der Waals surface area contributed by atoms with Gasteiger partial charge in [0.05, 0.1) is 25.5 Å². The molecule has 0 aliphatic carbocycles. The monoisotopic (exact) mass is 516 g/mol. The molecule has 2 aromatic rings. The second-order valence-electron chi connectivity index (χ2n) is 7.36. The van der Waals surface area contributed by atoms with Crippen molar-refractivity contribution in [2.75, 3.05) is 40.8 Å². The van der Waals surface area contributed by atoms with E-state index >= 15 is 0 Å². The lowest BCUT2D eigenvalue weighted by Gasteiger charge is -2.28. The molecule has 0 amide bonds. The number of hydrogen-bond acceptors (Lipinski definition) is 5. The van der Waals surface area contributed by atoms with Crippen LogP contribution in [0.25, 0.3) is 0 Å². The zero-order valence-corrected chi connectivity index (χ0v) is 20.0. The van der Waals surface area contributed by atoms with Gasteiger partial charge < -0.3 is 29.8 Å². The molecule has 0 spiro atoms. The molecule has 162 valence electrons. The summed E-state index contributed by atoms with van der Waals surface area (Å²) >= 11 is 0. The highest BCUT2D eigenvalue weighted by atomic mass is 127. The molecule has 1 atom stereocenters. The summed E-state index contributed by atoms with van der Waals surface area (Å²) in [5.41, 5.74) is 0.209. The average Bonchev–Trinajstić information content (AvgIpc) is 3.16. The SMILES string of the molecule is COc1ccc(CN=C(NCCc2ccco2)NCC(C)(O)CN(C)C)cc1.I. The standard InChI is InChI=1S/C21H32N4O3.HI/c1-21(26,16-25(2)3)15-24-20(22-12-11-19-6-5-13-28-19)23-14-17-7-9-18(27-4)10-8-17;/h5-10,13,26H,11-12,14-16H2,1-4H3,(H2,22,23,24);1H. The van der Waals surface area contributed by atoms with Crippen molar-refractivity contribution in [1.82, 2.24) is 15.5 Å². The van der Waals surface area contributed by atoms with E-state index < -0.39 is 5.60 Å². The Morgan fingerprint density at radius 1 is 1.21 bits per heavy atom. The molecule has 3 N–H and O–H groups in total. The first-order valence-electron chi connectivity index (χ1n) is 9.42. The van der Waals surface area contributed by atoms with E-state index in [1.54, 1.807) is 13.4 Å². The van der Waals surface area contributed by atoms with Crippen LogP contribution in [0.5, 0.6) is 5.75 Å². The second kappa shape index (κ2) is 12.7. The lowest BCUT2D eigenvalue weighted by Crippen LogP contribution is -2.50. The van der Waals surface area contributed by atoms with Crippen molar-refractivity contribution in [3.8, 4) is 5.75 Å². The largest absolute Gasteiger partial charge is 0.497 e. The molecule has 29 heavy (non-hydrogen) atoms. The van der Waals surface area contributed by atoms with Gasteiger partial charge in [-0.15, -0.1) is 24.0 Å². The van der Waals surface area contributed by atoms with Gasteiger partial charge in [-0.1, -0.05) is 12.1 Å². The predicted molar refractivity (Wildman–Crippen MR) is 127 cm³/mol. The van der Waals surface area contributed by atoms with Crippen molar-refractivity contribution in [3.63, 3.8) is 0 Å². The first-order chi connectivity index (χ1) is 13.4. The average molecular weight is 516 g/mol. The van der Waals surface area contributed by atoms with Crippen molar-refractivity contribution < 1.29 is 14.3 Å². The van der Waals surface area contributed by atoms with Crippen LogP contribution in [-0.4, -0.2) is 62.4 Å². The fourth-order valence-corrected chi connectivity index (χ4v) is 2.85. The molecule has 1 aromatic carbocycles. The smallest absolute Gasteiger partial charge is 0.191 e. The van der Waals surface area contributed by atoms with E-state index in [9.17, 15) is 5.11 Å². The minimum absolute atomic E-state index is 0. The van der Waals surface area contributed by atoms with E-state index in [0.717, 1.165) is 23.5 Å². The van der Waals surface area contributed by atoms with Gasteiger partial charge >= 0.3 is 0 Å². The zero-order chi connectivity index (χ0) is 20.4. The Balaban J connectivity index is 0.00000420. The molecule has 2 rings (SSSR count). The number of methoxy groups -OCH3 is 1. The molecular formula is C21H33IN4O3. The predicted octanol–water partition coefficient (Wildman–Crippen LogP) is 2.50. The molecular weight excluding hydrogens is 483 g/mol. The topological polar surface area (TPSA) is 82.3 Å². The Hall–Kier alpha value is -1.78. The highest BCUT2D eigenvalue weighted by Gasteiger charge is 2.21. The third-order valence-corrected chi connectivity index (χ3v) is 4.12. The number of rotatable bonds is 10. The minimum Gasteiger partial charge on any atom is -0.497 e. The number of furan rings is 1. The molecule has 1 unspecified atom stereocenters. The number of aliphatic hydroxyl groups is 1. The summed E-state index contributed by atoms with van der Waals surface area (Å²) in [5.74, 6) is 2.39. The molecule has 0 aliphatic heterocycles. The summed E-state index contributed by atoms with van der Waals surface area (Å²) in [6, 6.07) is 11.7. The maximum Gasteiger partial charge on any atom is 0.191 e. The first kappa shape index (κ1) is 25.3. The number of nitrogens with zero attached hydrogens (tertiary/aromatic N) is 2. The number of ether oxygens (including phenoxy) is 1. The number of aliphatic imine (C=N–C) groups is 1. The van der Waals surface area contributed by atoms with Gasteiger partial charge in [-0.3, -0.25) is 0 Å². The van der Waals surface area contributed by atoms with E-state index in [2.05, 4.69) is 15.6 Å². The highest BCUT2D eigenvalue weighted by molar-refractivity contribution is 14.0. The number of guanidine groups is 1. The molecule has 0 bridgehead atoms. The summed E-state index contributed by atoms with van der Waals surface area (Å²) < 4.78 is 10.6. The second-order valence-corrected chi connectivity index (χ2v) is 7.36. The van der Waals surface area contributed by atoms with Gasteiger partial charge in [-0.05, 0) is 50.8 Å². The Labute approximate surface area is 190 Å². The quantitative estimate of drug-likeness (QED) is 0.256. The van der Waals surface area contributed by atoms with E-state index in [-0.39, 0.29) is 24.0 Å². The lowest BCUT2D eigenvalue weighted by molar-refractivity contribution is 0.0377.